The van der Waals surface area contributed by atoms with Gasteiger partial charge in [0, 0.05) is 35.4 Å². The van der Waals surface area contributed by atoms with Crippen LogP contribution >= 0.6 is 11.6 Å². The van der Waals surface area contributed by atoms with Crippen LogP contribution in [0.3, 0.4) is 0 Å². The number of benzene rings is 2. The zero-order valence-corrected chi connectivity index (χ0v) is 12.6. The maximum Gasteiger partial charge on any atom is 0.0406 e. The number of aromatic nitrogens is 1. The minimum Gasteiger partial charge on any atom is -0.306 e. The van der Waals surface area contributed by atoms with Crippen molar-refractivity contribution < 1.29 is 0 Å². The Morgan fingerprint density at radius 2 is 1.81 bits per heavy atom. The molecule has 0 aliphatic carbocycles. The topological polar surface area (TPSA) is 24.9 Å². The lowest BCUT2D eigenvalue weighted by atomic mass is 10.1. The number of halogens is 1. The lowest BCUT2D eigenvalue weighted by Gasteiger charge is -2.15. The second kappa shape index (κ2) is 6.25. The first kappa shape index (κ1) is 14.1. The van der Waals surface area contributed by atoms with E-state index in [1.807, 2.05) is 30.6 Å². The summed E-state index contributed by atoms with van der Waals surface area (Å²) in [5.41, 5.74) is 2.45. The van der Waals surface area contributed by atoms with Crippen molar-refractivity contribution in [2.24, 2.45) is 0 Å². The van der Waals surface area contributed by atoms with E-state index in [1.165, 1.54) is 21.9 Å². The summed E-state index contributed by atoms with van der Waals surface area (Å²) in [5.74, 6) is 0. The molecular weight excluding hydrogens is 280 g/mol. The Bertz CT molecular complexity index is 732. The van der Waals surface area contributed by atoms with Crippen LogP contribution in [0.15, 0.2) is 60.9 Å². The number of pyridine rings is 1. The first-order chi connectivity index (χ1) is 10.2. The smallest absolute Gasteiger partial charge is 0.0406 e. The fourth-order valence-electron chi connectivity index (χ4n) is 2.45. The molecule has 0 spiro atoms. The third-order valence-electron chi connectivity index (χ3n) is 3.72. The fraction of sp³-hybridized carbons (Fsp3) is 0.167. The average molecular weight is 297 g/mol. The average Bonchev–Trinajstić information content (AvgIpc) is 2.53. The van der Waals surface area contributed by atoms with Crippen LogP contribution in [0, 0.1) is 0 Å². The van der Waals surface area contributed by atoms with Gasteiger partial charge in [-0.05, 0) is 35.6 Å². The normalized spacial score (nSPS) is 12.5. The molecule has 0 fully saturated rings. The fourth-order valence-corrected chi connectivity index (χ4v) is 2.58. The summed E-state index contributed by atoms with van der Waals surface area (Å²) in [6, 6.07) is 16.6. The van der Waals surface area contributed by atoms with Crippen LogP contribution in [0.1, 0.15) is 24.1 Å². The molecule has 1 heterocycles. The molecule has 0 bridgehead atoms. The maximum absolute atomic E-state index is 5.93. The van der Waals surface area contributed by atoms with Crippen LogP contribution in [0.5, 0.6) is 0 Å². The van der Waals surface area contributed by atoms with Gasteiger partial charge in [-0.2, -0.15) is 0 Å². The van der Waals surface area contributed by atoms with Crippen molar-refractivity contribution in [2.45, 2.75) is 19.5 Å². The molecular formula is C18H17ClN2. The van der Waals surface area contributed by atoms with E-state index in [4.69, 9.17) is 11.6 Å². The molecule has 0 saturated carbocycles. The van der Waals surface area contributed by atoms with Gasteiger partial charge in [0.25, 0.3) is 0 Å². The minimum absolute atomic E-state index is 0.265. The lowest BCUT2D eigenvalue weighted by molar-refractivity contribution is 0.576. The van der Waals surface area contributed by atoms with Gasteiger partial charge in [-0.1, -0.05) is 48.0 Å². The Morgan fingerprint density at radius 3 is 2.62 bits per heavy atom. The zero-order chi connectivity index (χ0) is 14.7. The Hall–Kier alpha value is -1.90. The van der Waals surface area contributed by atoms with Gasteiger partial charge in [-0.25, -0.2) is 0 Å². The molecule has 106 valence electrons. The Balaban J connectivity index is 1.76. The van der Waals surface area contributed by atoms with Gasteiger partial charge in [0.1, 0.15) is 0 Å². The number of rotatable bonds is 4. The van der Waals surface area contributed by atoms with Crippen molar-refractivity contribution in [2.75, 3.05) is 0 Å². The van der Waals surface area contributed by atoms with Crippen molar-refractivity contribution in [1.29, 1.82) is 0 Å². The molecule has 3 heteroatoms. The number of nitrogens with one attached hydrogen (secondary N) is 1. The molecule has 0 unspecified atom stereocenters. The number of hydrogen-bond donors (Lipinski definition) is 1. The van der Waals surface area contributed by atoms with Crippen molar-refractivity contribution in [3.05, 3.63) is 77.1 Å². The predicted molar refractivity (Wildman–Crippen MR) is 88.4 cm³/mol. The van der Waals surface area contributed by atoms with Gasteiger partial charge in [-0.15, -0.1) is 0 Å². The van der Waals surface area contributed by atoms with Crippen LogP contribution in [0.2, 0.25) is 5.02 Å². The van der Waals surface area contributed by atoms with E-state index in [9.17, 15) is 0 Å². The summed E-state index contributed by atoms with van der Waals surface area (Å²) in [6.45, 7) is 2.94. The number of hydrogen-bond acceptors (Lipinski definition) is 2. The maximum atomic E-state index is 5.93. The second-order valence-corrected chi connectivity index (χ2v) is 5.61. The summed E-state index contributed by atoms with van der Waals surface area (Å²) in [6.07, 6.45) is 3.84. The van der Waals surface area contributed by atoms with E-state index in [1.54, 1.807) is 0 Å². The molecule has 2 nitrogen and oxygen atoms in total. The third-order valence-corrected chi connectivity index (χ3v) is 3.97. The van der Waals surface area contributed by atoms with Gasteiger partial charge in [0.2, 0.25) is 0 Å². The number of fused-ring (bicyclic) bond motifs is 1. The monoisotopic (exact) mass is 296 g/mol. The zero-order valence-electron chi connectivity index (χ0n) is 11.9. The Labute approximate surface area is 129 Å². The van der Waals surface area contributed by atoms with E-state index >= 15 is 0 Å². The first-order valence-electron chi connectivity index (χ1n) is 7.04. The molecule has 1 aromatic heterocycles. The van der Waals surface area contributed by atoms with Crippen molar-refractivity contribution in [1.82, 2.24) is 10.3 Å². The quantitative estimate of drug-likeness (QED) is 0.752. The molecule has 0 aliphatic heterocycles. The molecule has 0 amide bonds. The highest BCUT2D eigenvalue weighted by atomic mass is 35.5. The molecule has 3 rings (SSSR count). The van der Waals surface area contributed by atoms with Gasteiger partial charge in [-0.3, -0.25) is 4.98 Å². The van der Waals surface area contributed by atoms with Crippen LogP contribution in [-0.2, 0) is 6.54 Å². The van der Waals surface area contributed by atoms with Crippen molar-refractivity contribution in [3.63, 3.8) is 0 Å². The summed E-state index contributed by atoms with van der Waals surface area (Å²) in [7, 11) is 0. The SMILES string of the molecule is C[C@@H](NCc1cncc2ccccc12)c1ccc(Cl)cc1. The highest BCUT2D eigenvalue weighted by molar-refractivity contribution is 6.30. The first-order valence-corrected chi connectivity index (χ1v) is 7.42. The van der Waals surface area contributed by atoms with E-state index in [0.29, 0.717) is 0 Å². The van der Waals surface area contributed by atoms with Crippen LogP contribution in [-0.4, -0.2) is 4.98 Å². The minimum atomic E-state index is 0.265. The molecule has 0 aliphatic rings. The van der Waals surface area contributed by atoms with Crippen LogP contribution < -0.4 is 5.32 Å². The highest BCUT2D eigenvalue weighted by Gasteiger charge is 2.06. The second-order valence-electron chi connectivity index (χ2n) is 5.17. The molecule has 0 radical (unpaired) electrons. The van der Waals surface area contributed by atoms with Gasteiger partial charge < -0.3 is 5.32 Å². The Kier molecular flexibility index (Phi) is 4.18. The van der Waals surface area contributed by atoms with Gasteiger partial charge in [0.05, 0.1) is 0 Å². The summed E-state index contributed by atoms with van der Waals surface area (Å²) in [5, 5.41) is 6.74. The largest absolute Gasteiger partial charge is 0.306 e. The molecule has 2 aromatic carbocycles. The van der Waals surface area contributed by atoms with E-state index in [-0.39, 0.29) is 6.04 Å². The molecule has 1 atom stereocenters. The highest BCUT2D eigenvalue weighted by Crippen LogP contribution is 2.19. The number of nitrogens with zero attached hydrogens (tertiary/aromatic N) is 1. The van der Waals surface area contributed by atoms with E-state index in [2.05, 4.69) is 47.6 Å². The summed E-state index contributed by atoms with van der Waals surface area (Å²) in [4.78, 5) is 4.32. The van der Waals surface area contributed by atoms with Crippen molar-refractivity contribution in [3.8, 4) is 0 Å². The summed E-state index contributed by atoms with van der Waals surface area (Å²) >= 11 is 5.93. The Morgan fingerprint density at radius 1 is 1.05 bits per heavy atom. The molecule has 1 N–H and O–H groups in total. The van der Waals surface area contributed by atoms with E-state index < -0.39 is 0 Å². The van der Waals surface area contributed by atoms with Gasteiger partial charge in [0.15, 0.2) is 0 Å². The molecule has 3 aromatic rings. The van der Waals surface area contributed by atoms with Crippen molar-refractivity contribution >= 4 is 22.4 Å². The van der Waals surface area contributed by atoms with Crippen LogP contribution in [0.4, 0.5) is 0 Å². The molecule has 0 saturated heterocycles. The van der Waals surface area contributed by atoms with Gasteiger partial charge >= 0.3 is 0 Å². The predicted octanol–water partition coefficient (Wildman–Crippen LogP) is 4.74. The standard InChI is InChI=1S/C18H17ClN2/c1-13(14-6-8-17(19)9-7-14)21-12-16-11-20-10-15-4-2-3-5-18(15)16/h2-11,13,21H,12H2,1H3/t13-/m1/s1. The van der Waals surface area contributed by atoms with Crippen LogP contribution in [0.25, 0.3) is 10.8 Å². The van der Waals surface area contributed by atoms with E-state index in [0.717, 1.165) is 11.6 Å². The lowest BCUT2D eigenvalue weighted by Crippen LogP contribution is -2.18. The third kappa shape index (κ3) is 3.23. The summed E-state index contributed by atoms with van der Waals surface area (Å²) < 4.78 is 0. The molecule has 21 heavy (non-hydrogen) atoms.